The Morgan fingerprint density at radius 2 is 1.75 bits per heavy atom. The van der Waals surface area contributed by atoms with Crippen LogP contribution in [0.25, 0.3) is 0 Å². The molecule has 1 aliphatic heterocycles. The zero-order valence-electron chi connectivity index (χ0n) is 10.5. The van der Waals surface area contributed by atoms with Crippen molar-refractivity contribution in [3.8, 4) is 0 Å². The Kier molecular flexibility index (Phi) is 4.62. The minimum Gasteiger partial charge on any atom is -0.372 e. The van der Waals surface area contributed by atoms with E-state index in [-0.39, 0.29) is 0 Å². The van der Waals surface area contributed by atoms with Gasteiger partial charge in [0.25, 0.3) is 0 Å². The molecular weight excluding hydrogens is 200 g/mol. The standard InChI is InChI=1S/C13H26N2O/c1-15(11-5-3-2-4-6-11)10-13-8-7-12(9-14)16-13/h11-13H,2-10,14H2,1H3. The van der Waals surface area contributed by atoms with Crippen LogP contribution in [0.15, 0.2) is 0 Å². The fourth-order valence-corrected chi connectivity index (χ4v) is 3.08. The van der Waals surface area contributed by atoms with E-state index in [4.69, 9.17) is 10.5 Å². The van der Waals surface area contributed by atoms with Crippen LogP contribution in [-0.2, 0) is 4.74 Å². The van der Waals surface area contributed by atoms with E-state index in [1.807, 2.05) is 0 Å². The zero-order chi connectivity index (χ0) is 11.4. The van der Waals surface area contributed by atoms with Gasteiger partial charge in [-0.2, -0.15) is 0 Å². The lowest BCUT2D eigenvalue weighted by atomic mass is 9.94. The second-order valence-corrected chi connectivity index (χ2v) is 5.42. The molecule has 0 aromatic rings. The highest BCUT2D eigenvalue weighted by Gasteiger charge is 2.27. The molecule has 2 aliphatic rings. The van der Waals surface area contributed by atoms with Crippen LogP contribution in [0.4, 0.5) is 0 Å². The van der Waals surface area contributed by atoms with Crippen molar-refractivity contribution in [1.82, 2.24) is 4.90 Å². The molecule has 2 N–H and O–H groups in total. The Morgan fingerprint density at radius 3 is 2.38 bits per heavy atom. The van der Waals surface area contributed by atoms with Crippen LogP contribution in [0, 0.1) is 0 Å². The third-order valence-corrected chi connectivity index (χ3v) is 4.15. The van der Waals surface area contributed by atoms with Gasteiger partial charge >= 0.3 is 0 Å². The van der Waals surface area contributed by atoms with E-state index in [1.54, 1.807) is 0 Å². The van der Waals surface area contributed by atoms with Crippen LogP contribution in [0.2, 0.25) is 0 Å². The Labute approximate surface area is 99.3 Å². The van der Waals surface area contributed by atoms with Gasteiger partial charge in [0.15, 0.2) is 0 Å². The number of likely N-dealkylation sites (N-methyl/N-ethyl adjacent to an activating group) is 1. The van der Waals surface area contributed by atoms with Crippen molar-refractivity contribution < 1.29 is 4.74 Å². The van der Waals surface area contributed by atoms with Crippen LogP contribution < -0.4 is 5.73 Å². The monoisotopic (exact) mass is 226 g/mol. The molecule has 1 saturated heterocycles. The molecular formula is C13H26N2O. The number of ether oxygens (including phenoxy) is 1. The highest BCUT2D eigenvalue weighted by molar-refractivity contribution is 4.80. The first-order chi connectivity index (χ1) is 7.79. The lowest BCUT2D eigenvalue weighted by Crippen LogP contribution is -2.39. The molecule has 0 bridgehead atoms. The summed E-state index contributed by atoms with van der Waals surface area (Å²) in [6.07, 6.45) is 10.1. The molecule has 0 spiro atoms. The van der Waals surface area contributed by atoms with E-state index >= 15 is 0 Å². The normalized spacial score (nSPS) is 32.4. The number of nitrogens with zero attached hydrogens (tertiary/aromatic N) is 1. The van der Waals surface area contributed by atoms with Gasteiger partial charge in [0, 0.05) is 19.1 Å². The molecule has 1 saturated carbocycles. The molecule has 94 valence electrons. The summed E-state index contributed by atoms with van der Waals surface area (Å²) in [5.74, 6) is 0. The highest BCUT2D eigenvalue weighted by Crippen LogP contribution is 2.24. The molecule has 16 heavy (non-hydrogen) atoms. The number of nitrogens with two attached hydrogens (primary N) is 1. The molecule has 2 rings (SSSR count). The quantitative estimate of drug-likeness (QED) is 0.794. The minimum absolute atomic E-state index is 0.324. The fourth-order valence-electron chi connectivity index (χ4n) is 3.08. The van der Waals surface area contributed by atoms with Crippen LogP contribution in [0.1, 0.15) is 44.9 Å². The largest absolute Gasteiger partial charge is 0.372 e. The molecule has 0 amide bonds. The van der Waals surface area contributed by atoms with Crippen molar-refractivity contribution in [1.29, 1.82) is 0 Å². The average Bonchev–Trinajstić information content (AvgIpc) is 2.78. The minimum atomic E-state index is 0.324. The summed E-state index contributed by atoms with van der Waals surface area (Å²) in [7, 11) is 2.26. The van der Waals surface area contributed by atoms with Crippen molar-refractivity contribution in [3.63, 3.8) is 0 Å². The van der Waals surface area contributed by atoms with Gasteiger partial charge in [-0.25, -0.2) is 0 Å². The highest BCUT2D eigenvalue weighted by atomic mass is 16.5. The molecule has 0 aromatic carbocycles. The second-order valence-electron chi connectivity index (χ2n) is 5.42. The molecule has 2 fully saturated rings. The maximum Gasteiger partial charge on any atom is 0.0707 e. The van der Waals surface area contributed by atoms with Crippen molar-refractivity contribution in [2.75, 3.05) is 20.1 Å². The molecule has 0 aromatic heterocycles. The maximum absolute atomic E-state index is 5.91. The zero-order valence-corrected chi connectivity index (χ0v) is 10.5. The second kappa shape index (κ2) is 5.99. The molecule has 2 atom stereocenters. The average molecular weight is 226 g/mol. The lowest BCUT2D eigenvalue weighted by Gasteiger charge is -2.32. The summed E-state index contributed by atoms with van der Waals surface area (Å²) in [5.41, 5.74) is 5.63. The third-order valence-electron chi connectivity index (χ3n) is 4.15. The van der Waals surface area contributed by atoms with E-state index in [1.165, 1.54) is 38.5 Å². The molecule has 1 aliphatic carbocycles. The summed E-state index contributed by atoms with van der Waals surface area (Å²) in [6, 6.07) is 0.800. The van der Waals surface area contributed by atoms with Gasteiger partial charge in [-0.3, -0.25) is 0 Å². The third kappa shape index (κ3) is 3.19. The molecule has 0 radical (unpaired) electrons. The number of hydrogen-bond acceptors (Lipinski definition) is 3. The predicted octanol–water partition coefficient (Wildman–Crippen LogP) is 1.76. The first-order valence-electron chi connectivity index (χ1n) is 6.85. The lowest BCUT2D eigenvalue weighted by molar-refractivity contribution is 0.0205. The topological polar surface area (TPSA) is 38.5 Å². The van der Waals surface area contributed by atoms with Crippen molar-refractivity contribution in [3.05, 3.63) is 0 Å². The van der Waals surface area contributed by atoms with Crippen molar-refractivity contribution >= 4 is 0 Å². The van der Waals surface area contributed by atoms with E-state index in [0.717, 1.165) is 19.0 Å². The predicted molar refractivity (Wildman–Crippen MR) is 66.5 cm³/mol. The summed E-state index contributed by atoms with van der Waals surface area (Å²) in [4.78, 5) is 2.52. The molecule has 2 unspecified atom stereocenters. The Balaban J connectivity index is 1.72. The van der Waals surface area contributed by atoms with Gasteiger partial charge < -0.3 is 15.4 Å². The first kappa shape index (κ1) is 12.3. The SMILES string of the molecule is CN(CC1CCC(CN)O1)C1CCCCC1. The Bertz CT molecular complexity index is 204. The number of hydrogen-bond donors (Lipinski definition) is 1. The fraction of sp³-hybridized carbons (Fsp3) is 1.00. The molecule has 3 nitrogen and oxygen atoms in total. The van der Waals surface area contributed by atoms with Crippen molar-refractivity contribution in [2.45, 2.75) is 63.2 Å². The summed E-state index contributed by atoms with van der Waals surface area (Å²) in [6.45, 7) is 1.78. The van der Waals surface area contributed by atoms with E-state index in [2.05, 4.69) is 11.9 Å². The van der Waals surface area contributed by atoms with Crippen LogP contribution in [0.5, 0.6) is 0 Å². The first-order valence-corrected chi connectivity index (χ1v) is 6.85. The van der Waals surface area contributed by atoms with Gasteiger partial charge in [0.1, 0.15) is 0 Å². The molecule has 1 heterocycles. The van der Waals surface area contributed by atoms with Gasteiger partial charge in [-0.1, -0.05) is 19.3 Å². The molecule has 3 heteroatoms. The Morgan fingerprint density at radius 1 is 1.06 bits per heavy atom. The van der Waals surface area contributed by atoms with E-state index < -0.39 is 0 Å². The smallest absolute Gasteiger partial charge is 0.0707 e. The van der Waals surface area contributed by atoms with Crippen LogP contribution >= 0.6 is 0 Å². The Hall–Kier alpha value is -0.120. The van der Waals surface area contributed by atoms with Gasteiger partial charge in [0.05, 0.1) is 12.2 Å². The maximum atomic E-state index is 5.91. The van der Waals surface area contributed by atoms with Crippen LogP contribution in [0.3, 0.4) is 0 Å². The van der Waals surface area contributed by atoms with Crippen molar-refractivity contribution in [2.24, 2.45) is 5.73 Å². The summed E-state index contributed by atoms with van der Waals surface area (Å²) in [5, 5.41) is 0. The van der Waals surface area contributed by atoms with Gasteiger partial charge in [-0.05, 0) is 32.7 Å². The number of rotatable bonds is 4. The van der Waals surface area contributed by atoms with E-state index in [9.17, 15) is 0 Å². The summed E-state index contributed by atoms with van der Waals surface area (Å²) >= 11 is 0. The summed E-state index contributed by atoms with van der Waals surface area (Å²) < 4.78 is 5.91. The van der Waals surface area contributed by atoms with Gasteiger partial charge in [-0.15, -0.1) is 0 Å². The van der Waals surface area contributed by atoms with Gasteiger partial charge in [0.2, 0.25) is 0 Å². The van der Waals surface area contributed by atoms with E-state index in [0.29, 0.717) is 18.8 Å². The van der Waals surface area contributed by atoms with Crippen LogP contribution in [-0.4, -0.2) is 43.3 Å².